The van der Waals surface area contributed by atoms with Crippen LogP contribution < -0.4 is 0 Å². The molecule has 1 rings (SSSR count). The predicted molar refractivity (Wildman–Crippen MR) is 43.0 cm³/mol. The molecule has 0 aromatic heterocycles. The number of halogens is 2. The van der Waals surface area contributed by atoms with E-state index in [1.165, 1.54) is 12.1 Å². The molecule has 0 unspecified atom stereocenters. The molecule has 1 aromatic carbocycles. The average Bonchev–Trinajstić information content (AvgIpc) is 1.93. The van der Waals surface area contributed by atoms with Crippen molar-refractivity contribution in [2.45, 2.75) is 4.90 Å². The first-order valence-electron chi connectivity index (χ1n) is 2.49. The highest BCUT2D eigenvalue weighted by Crippen LogP contribution is 2.29. The number of rotatable bonds is 0. The first kappa shape index (κ1) is 7.88. The third-order valence-electron chi connectivity index (χ3n) is 1.05. The molecule has 0 spiro atoms. The van der Waals surface area contributed by atoms with Crippen molar-refractivity contribution in [3.63, 3.8) is 0 Å². The minimum Gasteiger partial charge on any atom is -0.507 e. The fraction of sp³-hybridized carbons (Fsp3) is 0. The van der Waals surface area contributed by atoms with E-state index in [2.05, 4.69) is 28.6 Å². The SMILES string of the molecule is Oc1ccc(Br)c(F)c1S. The van der Waals surface area contributed by atoms with Crippen LogP contribution in [0.2, 0.25) is 0 Å². The first-order valence-corrected chi connectivity index (χ1v) is 3.73. The summed E-state index contributed by atoms with van der Waals surface area (Å²) in [6.45, 7) is 0. The van der Waals surface area contributed by atoms with Gasteiger partial charge in [0.15, 0.2) is 5.82 Å². The Hall–Kier alpha value is -0.220. The normalized spacial score (nSPS) is 9.90. The first-order chi connectivity index (χ1) is 4.63. The monoisotopic (exact) mass is 222 g/mol. The standard InChI is InChI=1S/C6H4BrFOS/c7-3-1-2-4(9)6(10)5(3)8/h1-2,9-10H. The largest absolute Gasteiger partial charge is 0.507 e. The maximum atomic E-state index is 12.7. The Balaban J connectivity index is 3.34. The molecule has 54 valence electrons. The summed E-state index contributed by atoms with van der Waals surface area (Å²) in [6.07, 6.45) is 0. The lowest BCUT2D eigenvalue weighted by molar-refractivity contribution is 0.449. The van der Waals surface area contributed by atoms with Gasteiger partial charge in [-0.2, -0.15) is 0 Å². The van der Waals surface area contributed by atoms with Gasteiger partial charge in [0, 0.05) is 0 Å². The van der Waals surface area contributed by atoms with Gasteiger partial charge in [0.1, 0.15) is 5.75 Å². The van der Waals surface area contributed by atoms with Crippen LogP contribution in [0.4, 0.5) is 4.39 Å². The molecule has 0 bridgehead atoms. The van der Waals surface area contributed by atoms with Crippen LogP contribution in [0.1, 0.15) is 0 Å². The van der Waals surface area contributed by atoms with E-state index in [0.717, 1.165) is 0 Å². The van der Waals surface area contributed by atoms with Crippen molar-refractivity contribution in [2.24, 2.45) is 0 Å². The summed E-state index contributed by atoms with van der Waals surface area (Å²) in [5.74, 6) is -0.688. The summed E-state index contributed by atoms with van der Waals surface area (Å²) in [5, 5.41) is 8.89. The van der Waals surface area contributed by atoms with E-state index in [4.69, 9.17) is 5.11 Å². The quantitative estimate of drug-likeness (QED) is 0.647. The maximum Gasteiger partial charge on any atom is 0.154 e. The smallest absolute Gasteiger partial charge is 0.154 e. The van der Waals surface area contributed by atoms with Gasteiger partial charge in [-0.15, -0.1) is 12.6 Å². The van der Waals surface area contributed by atoms with Crippen LogP contribution in [0.5, 0.6) is 5.75 Å². The summed E-state index contributed by atoms with van der Waals surface area (Å²) in [6, 6.07) is 2.79. The summed E-state index contributed by atoms with van der Waals surface area (Å²) < 4.78 is 13.0. The van der Waals surface area contributed by atoms with Crippen LogP contribution in [0, 0.1) is 5.82 Å². The van der Waals surface area contributed by atoms with Gasteiger partial charge in [-0.25, -0.2) is 4.39 Å². The van der Waals surface area contributed by atoms with E-state index >= 15 is 0 Å². The predicted octanol–water partition coefficient (Wildman–Crippen LogP) is 2.58. The van der Waals surface area contributed by atoms with Crippen LogP contribution in [0.25, 0.3) is 0 Å². The molecular weight excluding hydrogens is 219 g/mol. The van der Waals surface area contributed by atoms with Gasteiger partial charge in [0.25, 0.3) is 0 Å². The Morgan fingerprint density at radius 3 is 2.60 bits per heavy atom. The molecule has 0 saturated carbocycles. The van der Waals surface area contributed by atoms with E-state index in [0.29, 0.717) is 4.47 Å². The van der Waals surface area contributed by atoms with Crippen LogP contribution in [0.3, 0.4) is 0 Å². The van der Waals surface area contributed by atoms with Crippen molar-refractivity contribution < 1.29 is 9.50 Å². The lowest BCUT2D eigenvalue weighted by Crippen LogP contribution is -1.79. The topological polar surface area (TPSA) is 20.2 Å². The molecule has 0 saturated heterocycles. The number of benzene rings is 1. The summed E-state index contributed by atoms with van der Waals surface area (Å²) in [5.41, 5.74) is 0. The number of hydrogen-bond acceptors (Lipinski definition) is 2. The van der Waals surface area contributed by atoms with Gasteiger partial charge >= 0.3 is 0 Å². The molecule has 0 atom stereocenters. The number of aromatic hydroxyl groups is 1. The maximum absolute atomic E-state index is 12.7. The van der Waals surface area contributed by atoms with Crippen molar-refractivity contribution >= 4 is 28.6 Å². The van der Waals surface area contributed by atoms with Gasteiger partial charge in [-0.05, 0) is 28.1 Å². The molecule has 0 amide bonds. The third kappa shape index (κ3) is 1.27. The third-order valence-corrected chi connectivity index (χ3v) is 2.09. The highest BCUT2D eigenvalue weighted by Gasteiger charge is 2.06. The fourth-order valence-electron chi connectivity index (χ4n) is 0.530. The second-order valence-corrected chi connectivity index (χ2v) is 3.03. The molecule has 0 aliphatic rings. The molecular formula is C6H4BrFOS. The zero-order valence-electron chi connectivity index (χ0n) is 4.81. The Labute approximate surface area is 71.4 Å². The van der Waals surface area contributed by atoms with Gasteiger partial charge in [0.05, 0.1) is 9.37 Å². The second kappa shape index (κ2) is 2.80. The molecule has 4 heteroatoms. The van der Waals surface area contributed by atoms with Crippen molar-refractivity contribution in [1.29, 1.82) is 0 Å². The van der Waals surface area contributed by atoms with Gasteiger partial charge in [-0.1, -0.05) is 0 Å². The Kier molecular flexibility index (Phi) is 2.21. The number of phenolic OH excluding ortho intramolecular Hbond substituents is 1. The summed E-state index contributed by atoms with van der Waals surface area (Å²) >= 11 is 6.67. The van der Waals surface area contributed by atoms with E-state index < -0.39 is 5.82 Å². The Bertz CT molecular complexity index is 237. The molecule has 1 aromatic rings. The summed E-state index contributed by atoms with van der Waals surface area (Å²) in [4.78, 5) is -0.0330. The van der Waals surface area contributed by atoms with Crippen molar-refractivity contribution in [2.75, 3.05) is 0 Å². The Morgan fingerprint density at radius 1 is 1.50 bits per heavy atom. The van der Waals surface area contributed by atoms with Crippen molar-refractivity contribution in [3.8, 4) is 5.75 Å². The fourth-order valence-corrected chi connectivity index (χ4v) is 1.21. The molecule has 0 aliphatic carbocycles. The van der Waals surface area contributed by atoms with Gasteiger partial charge in [-0.3, -0.25) is 0 Å². The van der Waals surface area contributed by atoms with Gasteiger partial charge < -0.3 is 5.11 Å². The minimum atomic E-state index is -0.539. The molecule has 0 heterocycles. The van der Waals surface area contributed by atoms with Crippen LogP contribution in [0.15, 0.2) is 21.5 Å². The molecule has 1 nitrogen and oxygen atoms in total. The van der Waals surface area contributed by atoms with Crippen molar-refractivity contribution in [3.05, 3.63) is 22.4 Å². The van der Waals surface area contributed by atoms with E-state index in [1.54, 1.807) is 0 Å². The molecule has 0 aliphatic heterocycles. The van der Waals surface area contributed by atoms with Gasteiger partial charge in [0.2, 0.25) is 0 Å². The zero-order valence-corrected chi connectivity index (χ0v) is 7.29. The Morgan fingerprint density at radius 2 is 2.10 bits per heavy atom. The summed E-state index contributed by atoms with van der Waals surface area (Å²) in [7, 11) is 0. The van der Waals surface area contributed by atoms with Crippen molar-refractivity contribution in [1.82, 2.24) is 0 Å². The number of phenols is 1. The number of thiol groups is 1. The second-order valence-electron chi connectivity index (χ2n) is 1.73. The lowest BCUT2D eigenvalue weighted by Gasteiger charge is -1.99. The lowest BCUT2D eigenvalue weighted by atomic mass is 10.3. The molecule has 1 N–H and O–H groups in total. The zero-order chi connectivity index (χ0) is 7.72. The average molecular weight is 223 g/mol. The van der Waals surface area contributed by atoms with E-state index in [1.807, 2.05) is 0 Å². The molecule has 10 heavy (non-hydrogen) atoms. The molecule has 0 fully saturated rings. The molecule has 0 radical (unpaired) electrons. The van der Waals surface area contributed by atoms with Crippen LogP contribution in [-0.4, -0.2) is 5.11 Å². The van der Waals surface area contributed by atoms with Crippen LogP contribution >= 0.6 is 28.6 Å². The minimum absolute atomic E-state index is 0.0330. The number of hydrogen-bond donors (Lipinski definition) is 2. The van der Waals surface area contributed by atoms with E-state index in [-0.39, 0.29) is 10.6 Å². The van der Waals surface area contributed by atoms with Crippen LogP contribution in [-0.2, 0) is 0 Å². The highest BCUT2D eigenvalue weighted by molar-refractivity contribution is 9.10. The van der Waals surface area contributed by atoms with E-state index in [9.17, 15) is 4.39 Å². The highest BCUT2D eigenvalue weighted by atomic mass is 79.9.